The van der Waals surface area contributed by atoms with Crippen LogP contribution in [0.1, 0.15) is 50.4 Å². The summed E-state index contributed by atoms with van der Waals surface area (Å²) in [5.41, 5.74) is 2.96. The Morgan fingerprint density at radius 1 is 1.09 bits per heavy atom. The zero-order valence-corrected chi connectivity index (χ0v) is 29.5. The van der Waals surface area contributed by atoms with Gasteiger partial charge in [-0.25, -0.2) is 9.79 Å². The molecule has 0 radical (unpaired) electrons. The first kappa shape index (κ1) is 32.6. The predicted octanol–water partition coefficient (Wildman–Crippen LogP) is 5.51. The number of hydrogen-bond acceptors (Lipinski definition) is 10. The topological polar surface area (TPSA) is 107 Å². The molecule has 244 valence electrons. The van der Waals surface area contributed by atoms with Crippen molar-refractivity contribution in [3.63, 3.8) is 0 Å². The fraction of sp³-hybridized carbons (Fsp3) is 0.286. The molecular weight excluding hydrogens is 735 g/mol. The minimum Gasteiger partial charge on any atom is -0.493 e. The van der Waals surface area contributed by atoms with Crippen LogP contribution in [0.25, 0.3) is 6.08 Å². The Kier molecular flexibility index (Phi) is 9.60. The van der Waals surface area contributed by atoms with Crippen LogP contribution in [0.3, 0.4) is 0 Å². The molecule has 0 amide bonds. The van der Waals surface area contributed by atoms with Crippen LogP contribution in [0.2, 0.25) is 0 Å². The smallest absolute Gasteiger partial charge is 0.338 e. The standard InChI is InChI=1S/C35H33IN2O8S/c1-6-42-34(40)31-20(4)37-35-38(32(31)23-9-12-27(46-19(2)3)28(16-23)41-5)33(39)30(47-35)15-21-7-10-25(24(36)13-21)43-17-22-8-11-26-29(14-22)45-18-44-26/h7-16,19,32H,6,17-18H2,1-5H3/b30-15-/t32-/m1/s1. The lowest BCUT2D eigenvalue weighted by Gasteiger charge is -2.25. The van der Waals surface area contributed by atoms with E-state index in [4.69, 9.17) is 28.4 Å². The predicted molar refractivity (Wildman–Crippen MR) is 185 cm³/mol. The van der Waals surface area contributed by atoms with E-state index >= 15 is 0 Å². The number of halogens is 1. The number of ether oxygens (including phenoxy) is 6. The number of aromatic nitrogens is 1. The van der Waals surface area contributed by atoms with E-state index in [0.717, 1.165) is 26.2 Å². The maximum absolute atomic E-state index is 14.1. The van der Waals surface area contributed by atoms with Crippen molar-refractivity contribution in [2.24, 2.45) is 4.99 Å². The van der Waals surface area contributed by atoms with E-state index in [9.17, 15) is 9.59 Å². The Bertz CT molecular complexity index is 2070. The SMILES string of the molecule is CCOC(=O)C1=C(C)N=c2s/c(=C\c3ccc(OCc4ccc5c(c4)OCO5)c(I)c3)c(=O)n2[C@@H]1c1ccc(OC(C)C)c(OC)c1. The van der Waals surface area contributed by atoms with Crippen molar-refractivity contribution >= 4 is 46.0 Å². The average Bonchev–Trinajstić information content (AvgIpc) is 3.63. The monoisotopic (exact) mass is 768 g/mol. The fourth-order valence-electron chi connectivity index (χ4n) is 5.38. The molecule has 3 heterocycles. The van der Waals surface area contributed by atoms with Gasteiger partial charge in [-0.2, -0.15) is 0 Å². The summed E-state index contributed by atoms with van der Waals surface area (Å²) in [4.78, 5) is 32.6. The maximum atomic E-state index is 14.1. The number of thiazole rings is 1. The highest BCUT2D eigenvalue weighted by Gasteiger charge is 2.34. The van der Waals surface area contributed by atoms with Crippen LogP contribution < -0.4 is 38.6 Å². The summed E-state index contributed by atoms with van der Waals surface area (Å²) in [7, 11) is 1.56. The summed E-state index contributed by atoms with van der Waals surface area (Å²) in [5.74, 6) is 2.68. The van der Waals surface area contributed by atoms with Crippen LogP contribution >= 0.6 is 33.9 Å². The van der Waals surface area contributed by atoms with Gasteiger partial charge in [0.15, 0.2) is 27.8 Å². The Labute approximate surface area is 289 Å². The summed E-state index contributed by atoms with van der Waals surface area (Å²) in [6, 6.07) is 16.1. The van der Waals surface area contributed by atoms with Gasteiger partial charge >= 0.3 is 5.97 Å². The van der Waals surface area contributed by atoms with Crippen LogP contribution in [-0.2, 0) is 16.1 Å². The number of methoxy groups -OCH3 is 1. The molecule has 10 nitrogen and oxygen atoms in total. The minimum absolute atomic E-state index is 0.0663. The van der Waals surface area contributed by atoms with Crippen molar-refractivity contribution < 1.29 is 33.2 Å². The first-order valence-electron chi connectivity index (χ1n) is 15.0. The van der Waals surface area contributed by atoms with Gasteiger partial charge < -0.3 is 28.4 Å². The van der Waals surface area contributed by atoms with Crippen molar-refractivity contribution in [1.82, 2.24) is 4.57 Å². The lowest BCUT2D eigenvalue weighted by molar-refractivity contribution is -0.139. The second-order valence-corrected chi connectivity index (χ2v) is 13.2. The van der Waals surface area contributed by atoms with E-state index in [1.165, 1.54) is 11.3 Å². The number of benzene rings is 3. The highest BCUT2D eigenvalue weighted by molar-refractivity contribution is 14.1. The lowest BCUT2D eigenvalue weighted by Crippen LogP contribution is -2.40. The highest BCUT2D eigenvalue weighted by Crippen LogP contribution is 2.37. The van der Waals surface area contributed by atoms with Gasteiger partial charge in [0.25, 0.3) is 5.56 Å². The highest BCUT2D eigenvalue weighted by atomic mass is 127. The van der Waals surface area contributed by atoms with E-state index < -0.39 is 12.0 Å². The molecule has 1 aromatic heterocycles. The lowest BCUT2D eigenvalue weighted by atomic mass is 9.95. The molecule has 4 aromatic rings. The summed E-state index contributed by atoms with van der Waals surface area (Å²) in [6.07, 6.45) is 1.76. The molecule has 0 saturated heterocycles. The third-order valence-electron chi connectivity index (χ3n) is 7.47. The van der Waals surface area contributed by atoms with Gasteiger partial charge in [-0.1, -0.05) is 29.5 Å². The van der Waals surface area contributed by atoms with Crippen molar-refractivity contribution in [3.8, 4) is 28.7 Å². The zero-order valence-electron chi connectivity index (χ0n) is 26.5. The van der Waals surface area contributed by atoms with Crippen LogP contribution in [0.15, 0.2) is 75.7 Å². The van der Waals surface area contributed by atoms with Crippen LogP contribution in [0, 0.1) is 3.57 Å². The molecular formula is C35H33IN2O8S. The Hall–Kier alpha value is -4.30. The molecule has 6 rings (SSSR count). The summed E-state index contributed by atoms with van der Waals surface area (Å²) in [5, 5.41) is 0. The summed E-state index contributed by atoms with van der Waals surface area (Å²) >= 11 is 3.49. The number of rotatable bonds is 10. The Morgan fingerprint density at radius 3 is 2.62 bits per heavy atom. The van der Waals surface area contributed by atoms with E-state index in [1.54, 1.807) is 37.7 Å². The number of hydrogen-bond donors (Lipinski definition) is 0. The quantitative estimate of drug-likeness (QED) is 0.154. The van der Waals surface area contributed by atoms with Crippen molar-refractivity contribution in [2.75, 3.05) is 20.5 Å². The van der Waals surface area contributed by atoms with Gasteiger partial charge in [-0.3, -0.25) is 9.36 Å². The third-order valence-corrected chi connectivity index (χ3v) is 9.29. The van der Waals surface area contributed by atoms with Crippen molar-refractivity contribution in [1.29, 1.82) is 0 Å². The number of esters is 1. The van der Waals surface area contributed by atoms with Gasteiger partial charge in [0.1, 0.15) is 12.4 Å². The molecule has 0 saturated carbocycles. The number of nitrogens with zero attached hydrogens (tertiary/aromatic N) is 2. The number of carbonyl (C=O) groups is 1. The molecule has 12 heteroatoms. The number of allylic oxidation sites excluding steroid dienone is 1. The molecule has 47 heavy (non-hydrogen) atoms. The number of carbonyl (C=O) groups excluding carboxylic acids is 1. The number of fused-ring (bicyclic) bond motifs is 2. The first-order valence-corrected chi connectivity index (χ1v) is 16.9. The van der Waals surface area contributed by atoms with Crippen LogP contribution in [-0.4, -0.2) is 37.1 Å². The normalized spacial score (nSPS) is 15.4. The molecule has 0 fully saturated rings. The first-order chi connectivity index (χ1) is 22.7. The molecule has 0 spiro atoms. The van der Waals surface area contributed by atoms with Gasteiger partial charge in [0.2, 0.25) is 6.79 Å². The van der Waals surface area contributed by atoms with Gasteiger partial charge in [0.05, 0.1) is 45.2 Å². The molecule has 2 aliphatic heterocycles. The molecule has 3 aromatic carbocycles. The molecule has 0 aliphatic carbocycles. The van der Waals surface area contributed by atoms with Crippen molar-refractivity contribution in [2.45, 2.75) is 46.4 Å². The summed E-state index contributed by atoms with van der Waals surface area (Å²) in [6.45, 7) is 8.13. The van der Waals surface area contributed by atoms with Crippen LogP contribution in [0.5, 0.6) is 28.7 Å². The second kappa shape index (κ2) is 13.8. The zero-order chi connectivity index (χ0) is 33.2. The fourth-order valence-corrected chi connectivity index (χ4v) is 7.12. The van der Waals surface area contributed by atoms with Gasteiger partial charge in [0, 0.05) is 0 Å². The van der Waals surface area contributed by atoms with Crippen LogP contribution in [0.4, 0.5) is 0 Å². The van der Waals surface area contributed by atoms with E-state index in [-0.39, 0.29) is 25.1 Å². The van der Waals surface area contributed by atoms with E-state index in [0.29, 0.717) is 50.0 Å². The third kappa shape index (κ3) is 6.75. The molecule has 0 bridgehead atoms. The Balaban J connectivity index is 1.35. The van der Waals surface area contributed by atoms with Gasteiger partial charge in [-0.05, 0) is 109 Å². The maximum Gasteiger partial charge on any atom is 0.338 e. The molecule has 1 atom stereocenters. The molecule has 0 N–H and O–H groups in total. The molecule has 2 aliphatic rings. The average molecular weight is 769 g/mol. The van der Waals surface area contributed by atoms with Gasteiger partial charge in [-0.15, -0.1) is 0 Å². The largest absolute Gasteiger partial charge is 0.493 e. The second-order valence-electron chi connectivity index (χ2n) is 11.0. The Morgan fingerprint density at radius 2 is 1.87 bits per heavy atom. The summed E-state index contributed by atoms with van der Waals surface area (Å²) < 4.78 is 36.8. The minimum atomic E-state index is -0.776. The van der Waals surface area contributed by atoms with E-state index in [1.807, 2.05) is 62.4 Å². The molecule has 0 unspecified atom stereocenters. The van der Waals surface area contributed by atoms with Crippen molar-refractivity contribution in [3.05, 3.63) is 106 Å². The van der Waals surface area contributed by atoms with E-state index in [2.05, 4.69) is 27.6 Å².